The van der Waals surface area contributed by atoms with Crippen LogP contribution in [0.4, 0.5) is 4.39 Å². The van der Waals surface area contributed by atoms with Crippen LogP contribution in [0.15, 0.2) is 18.2 Å². The highest BCUT2D eigenvalue weighted by atomic mass is 19.1. The average Bonchev–Trinajstić information content (AvgIpc) is 2.28. The Labute approximate surface area is 92.7 Å². The molecule has 0 saturated carbocycles. The van der Waals surface area contributed by atoms with Crippen molar-refractivity contribution < 1.29 is 14.6 Å². The van der Waals surface area contributed by atoms with Gasteiger partial charge in [-0.3, -0.25) is 0 Å². The zero-order valence-corrected chi connectivity index (χ0v) is 8.60. The molecule has 1 aromatic rings. The van der Waals surface area contributed by atoms with Gasteiger partial charge in [0.1, 0.15) is 11.9 Å². The van der Waals surface area contributed by atoms with Crippen molar-refractivity contribution in [1.29, 1.82) is 5.26 Å². The second kappa shape index (κ2) is 5.56. The molecule has 0 aromatic heterocycles. The molecule has 0 fully saturated rings. The summed E-state index contributed by atoms with van der Waals surface area (Å²) in [5.41, 5.74) is 6.21. The first-order valence-corrected chi connectivity index (χ1v) is 4.81. The molecule has 0 aliphatic carbocycles. The van der Waals surface area contributed by atoms with Gasteiger partial charge in [-0.15, -0.1) is 0 Å². The highest BCUT2D eigenvalue weighted by Crippen LogP contribution is 2.23. The normalized spacial score (nSPS) is 14.2. The van der Waals surface area contributed by atoms with Gasteiger partial charge in [0.2, 0.25) is 0 Å². The molecular weight excluding hydrogens is 211 g/mol. The first-order chi connectivity index (χ1) is 7.60. The van der Waals surface area contributed by atoms with Crippen LogP contribution in [-0.2, 0) is 6.54 Å². The number of hydrogen-bond donors (Lipinski definition) is 3. The lowest BCUT2D eigenvalue weighted by molar-refractivity contribution is 0.0209. The number of nitriles is 1. The molecule has 1 aromatic carbocycles. The van der Waals surface area contributed by atoms with E-state index in [1.165, 1.54) is 12.1 Å². The zero-order chi connectivity index (χ0) is 12.1. The quantitative estimate of drug-likeness (QED) is 0.698. The van der Waals surface area contributed by atoms with Crippen LogP contribution in [0, 0.1) is 17.1 Å². The number of nitrogens with zero attached hydrogens (tertiary/aromatic N) is 1. The maximum Gasteiger partial charge on any atom is 0.123 e. The number of aliphatic hydroxyl groups excluding tert-OH is 2. The monoisotopic (exact) mass is 224 g/mol. The molecule has 2 unspecified atom stereocenters. The van der Waals surface area contributed by atoms with E-state index in [0.717, 1.165) is 6.07 Å². The lowest BCUT2D eigenvalue weighted by atomic mass is 9.97. The molecule has 0 heterocycles. The first kappa shape index (κ1) is 12.6. The Morgan fingerprint density at radius 3 is 2.69 bits per heavy atom. The molecule has 0 saturated heterocycles. The van der Waals surface area contributed by atoms with Gasteiger partial charge in [0.05, 0.1) is 18.6 Å². The van der Waals surface area contributed by atoms with Gasteiger partial charge in [0.25, 0.3) is 0 Å². The minimum atomic E-state index is -1.30. The maximum atomic E-state index is 13.0. The summed E-state index contributed by atoms with van der Waals surface area (Å²) in [6.45, 7) is 0.131. The van der Waals surface area contributed by atoms with E-state index in [0.29, 0.717) is 5.56 Å². The van der Waals surface area contributed by atoms with E-state index in [1.807, 2.05) is 0 Å². The fraction of sp³-hybridized carbons (Fsp3) is 0.364. The third-order valence-electron chi connectivity index (χ3n) is 2.31. The van der Waals surface area contributed by atoms with Crippen LogP contribution in [0.1, 0.15) is 23.7 Å². The molecule has 0 spiro atoms. The summed E-state index contributed by atoms with van der Waals surface area (Å²) < 4.78 is 13.0. The number of aliphatic hydroxyl groups is 2. The maximum absolute atomic E-state index is 13.0. The molecule has 0 amide bonds. The van der Waals surface area contributed by atoms with Crippen molar-refractivity contribution in [2.24, 2.45) is 5.73 Å². The summed E-state index contributed by atoms with van der Waals surface area (Å²) in [7, 11) is 0. The predicted octanol–water partition coefficient (Wildman–Crippen LogP) is 0.592. The van der Waals surface area contributed by atoms with Crippen LogP contribution in [0.5, 0.6) is 0 Å². The van der Waals surface area contributed by atoms with Gasteiger partial charge in [-0.1, -0.05) is 6.07 Å². The largest absolute Gasteiger partial charge is 0.389 e. The third kappa shape index (κ3) is 2.76. The number of nitrogens with two attached hydrogens (primary N) is 1. The van der Waals surface area contributed by atoms with Crippen molar-refractivity contribution in [3.63, 3.8) is 0 Å². The molecule has 86 valence electrons. The lowest BCUT2D eigenvalue weighted by Crippen LogP contribution is -2.19. The van der Waals surface area contributed by atoms with E-state index >= 15 is 0 Å². The van der Waals surface area contributed by atoms with Gasteiger partial charge in [-0.2, -0.15) is 5.26 Å². The molecular formula is C11H13FN2O2. The van der Waals surface area contributed by atoms with Crippen LogP contribution in [0.2, 0.25) is 0 Å². The van der Waals surface area contributed by atoms with Crippen LogP contribution in [-0.4, -0.2) is 16.3 Å². The minimum Gasteiger partial charge on any atom is -0.389 e. The summed E-state index contributed by atoms with van der Waals surface area (Å²) in [6.07, 6.45) is -2.76. The van der Waals surface area contributed by atoms with E-state index in [-0.39, 0.29) is 18.5 Å². The molecule has 16 heavy (non-hydrogen) atoms. The Balaban J connectivity index is 3.01. The first-order valence-electron chi connectivity index (χ1n) is 4.81. The fourth-order valence-electron chi connectivity index (χ4n) is 1.44. The number of benzene rings is 1. The number of hydrogen-bond acceptors (Lipinski definition) is 4. The van der Waals surface area contributed by atoms with Crippen LogP contribution in [0.3, 0.4) is 0 Å². The Kier molecular flexibility index (Phi) is 4.38. The second-order valence-electron chi connectivity index (χ2n) is 3.42. The average molecular weight is 224 g/mol. The van der Waals surface area contributed by atoms with Crippen LogP contribution >= 0.6 is 0 Å². The SMILES string of the molecule is N#CCC(O)C(O)c1cc(F)ccc1CN. The third-order valence-corrected chi connectivity index (χ3v) is 2.31. The van der Waals surface area contributed by atoms with Gasteiger partial charge in [-0.05, 0) is 23.3 Å². The van der Waals surface area contributed by atoms with Gasteiger partial charge < -0.3 is 15.9 Å². The Hall–Kier alpha value is -1.48. The molecule has 1 rings (SSSR count). The van der Waals surface area contributed by atoms with E-state index in [1.54, 1.807) is 6.07 Å². The Bertz CT molecular complexity index is 403. The molecule has 2 atom stereocenters. The van der Waals surface area contributed by atoms with E-state index in [9.17, 15) is 14.6 Å². The van der Waals surface area contributed by atoms with E-state index in [4.69, 9.17) is 11.0 Å². The molecule has 0 aliphatic heterocycles. The summed E-state index contributed by atoms with van der Waals surface area (Å²) in [4.78, 5) is 0. The van der Waals surface area contributed by atoms with Crippen LogP contribution < -0.4 is 5.73 Å². The zero-order valence-electron chi connectivity index (χ0n) is 8.60. The van der Waals surface area contributed by atoms with Gasteiger partial charge >= 0.3 is 0 Å². The molecule has 4 N–H and O–H groups in total. The molecule has 0 aliphatic rings. The standard InChI is InChI=1S/C11H13FN2O2/c12-8-2-1-7(6-14)9(5-8)11(16)10(15)3-4-13/h1-2,5,10-11,15-16H,3,6,14H2. The lowest BCUT2D eigenvalue weighted by Gasteiger charge is -2.18. The predicted molar refractivity (Wildman–Crippen MR) is 55.5 cm³/mol. The van der Waals surface area contributed by atoms with Crippen molar-refractivity contribution in [1.82, 2.24) is 0 Å². The Morgan fingerprint density at radius 1 is 1.44 bits per heavy atom. The number of rotatable bonds is 4. The minimum absolute atomic E-state index is 0.131. The summed E-state index contributed by atoms with van der Waals surface area (Å²) in [5, 5.41) is 27.6. The molecule has 4 nitrogen and oxygen atoms in total. The number of halogens is 1. The smallest absolute Gasteiger partial charge is 0.123 e. The highest BCUT2D eigenvalue weighted by molar-refractivity contribution is 5.30. The van der Waals surface area contributed by atoms with Gasteiger partial charge in [-0.25, -0.2) is 4.39 Å². The molecule has 0 bridgehead atoms. The highest BCUT2D eigenvalue weighted by Gasteiger charge is 2.20. The van der Waals surface area contributed by atoms with Crippen molar-refractivity contribution in [2.45, 2.75) is 25.2 Å². The van der Waals surface area contributed by atoms with Crippen molar-refractivity contribution in [3.8, 4) is 6.07 Å². The summed E-state index contributed by atoms with van der Waals surface area (Å²) in [6, 6.07) is 5.54. The van der Waals surface area contributed by atoms with Crippen LogP contribution in [0.25, 0.3) is 0 Å². The second-order valence-corrected chi connectivity index (χ2v) is 3.42. The Morgan fingerprint density at radius 2 is 2.12 bits per heavy atom. The van der Waals surface area contributed by atoms with Crippen molar-refractivity contribution in [2.75, 3.05) is 0 Å². The topological polar surface area (TPSA) is 90.3 Å². The molecule has 0 radical (unpaired) electrons. The van der Waals surface area contributed by atoms with Gasteiger partial charge in [0.15, 0.2) is 0 Å². The molecule has 5 heteroatoms. The van der Waals surface area contributed by atoms with E-state index < -0.39 is 18.0 Å². The summed E-state index contributed by atoms with van der Waals surface area (Å²) >= 11 is 0. The fourth-order valence-corrected chi connectivity index (χ4v) is 1.44. The van der Waals surface area contributed by atoms with Crippen molar-refractivity contribution >= 4 is 0 Å². The van der Waals surface area contributed by atoms with E-state index in [2.05, 4.69) is 0 Å². The van der Waals surface area contributed by atoms with Crippen molar-refractivity contribution in [3.05, 3.63) is 35.1 Å². The summed E-state index contributed by atoms with van der Waals surface area (Å²) in [5.74, 6) is -0.518. The van der Waals surface area contributed by atoms with Gasteiger partial charge in [0, 0.05) is 6.54 Å².